The first kappa shape index (κ1) is 13.2. The number of benzene rings is 1. The maximum atomic E-state index is 12.3. The van der Waals surface area contributed by atoms with E-state index in [1.54, 1.807) is 0 Å². The Morgan fingerprint density at radius 2 is 1.93 bits per heavy atom. The zero-order valence-corrected chi connectivity index (χ0v) is 11.1. The van der Waals surface area contributed by atoms with Crippen LogP contribution in [0.25, 0.3) is 0 Å². The van der Waals surface area contributed by atoms with Crippen molar-refractivity contribution in [3.63, 3.8) is 0 Å². The maximum Gasteiger partial charge on any atom is 1.00 e. The summed E-state index contributed by atoms with van der Waals surface area (Å²) in [5.74, 6) is -0.554. The molecule has 0 radical (unpaired) electrons. The molecule has 1 aliphatic heterocycles. The predicted molar refractivity (Wildman–Crippen MR) is 44.3 cm³/mol. The number of ether oxygens (including phenoxy) is 1. The fraction of sp³-hybridized carbons (Fsp3) is 0.125. The summed E-state index contributed by atoms with van der Waals surface area (Å²) in [4.78, 5) is 10.9. The Bertz CT molecular complexity index is 405. The quantitative estimate of drug-likeness (QED) is 0.437. The Morgan fingerprint density at radius 3 is 2.53 bits per heavy atom. The van der Waals surface area contributed by atoms with Crippen molar-refractivity contribution < 1.29 is 73.9 Å². The van der Waals surface area contributed by atoms with Gasteiger partial charge >= 0.3 is 64.3 Å². The van der Waals surface area contributed by atoms with Crippen molar-refractivity contribution in [2.24, 2.45) is 0 Å². The van der Waals surface area contributed by atoms with Crippen molar-refractivity contribution >= 4 is 18.4 Å². The third-order valence-corrected chi connectivity index (χ3v) is 2.09. The number of fused-ring (bicyclic) bond motifs is 1. The van der Waals surface area contributed by atoms with Gasteiger partial charge in [0.15, 0.2) is 0 Å². The van der Waals surface area contributed by atoms with Gasteiger partial charge in [0.05, 0.1) is 5.56 Å². The number of cyclic esters (lactones) is 1. The van der Waals surface area contributed by atoms with E-state index < -0.39 is 18.4 Å². The molecule has 0 spiro atoms. The summed E-state index contributed by atoms with van der Waals surface area (Å²) in [5.41, 5.74) is -0.150. The molecule has 1 heterocycles. The van der Waals surface area contributed by atoms with Gasteiger partial charge in [-0.1, -0.05) is 18.2 Å². The third kappa shape index (κ3) is 2.65. The summed E-state index contributed by atoms with van der Waals surface area (Å²) in [6, 6.07) is 3.04. The molecule has 1 aliphatic rings. The van der Waals surface area contributed by atoms with E-state index in [1.807, 2.05) is 0 Å². The molecule has 0 bridgehead atoms. The fourth-order valence-electron chi connectivity index (χ4n) is 1.36. The molecule has 1 aromatic rings. The first-order valence-electron chi connectivity index (χ1n) is 3.98. The van der Waals surface area contributed by atoms with Gasteiger partial charge < -0.3 is 17.7 Å². The van der Waals surface area contributed by atoms with Crippen molar-refractivity contribution in [1.82, 2.24) is 0 Å². The standard InChI is InChI=1S/C8H5BF3O2.K/c10-9(11,12)6-1-2-7-5(3-6)4-14-8(7)13;/h1-3H,4H2;/q-1;+1. The fourth-order valence-corrected chi connectivity index (χ4v) is 1.36. The second-order valence-corrected chi connectivity index (χ2v) is 3.07. The molecule has 0 amide bonds. The summed E-state index contributed by atoms with van der Waals surface area (Å²) in [5, 5.41) is 0. The van der Waals surface area contributed by atoms with Crippen LogP contribution in [0.4, 0.5) is 12.9 Å². The van der Waals surface area contributed by atoms with E-state index in [0.717, 1.165) is 18.2 Å². The minimum atomic E-state index is -5.00. The van der Waals surface area contributed by atoms with Crippen LogP contribution in [0.15, 0.2) is 18.2 Å². The Hall–Kier alpha value is 0.181. The van der Waals surface area contributed by atoms with Crippen LogP contribution in [0, 0.1) is 0 Å². The van der Waals surface area contributed by atoms with Gasteiger partial charge in [0.25, 0.3) is 0 Å². The van der Waals surface area contributed by atoms with Gasteiger partial charge in [0.2, 0.25) is 0 Å². The van der Waals surface area contributed by atoms with Gasteiger partial charge in [-0.05, 0) is 0 Å². The van der Waals surface area contributed by atoms with Gasteiger partial charge in [-0.3, -0.25) is 0 Å². The molecule has 0 aliphatic carbocycles. The molecule has 15 heavy (non-hydrogen) atoms. The van der Waals surface area contributed by atoms with Gasteiger partial charge in [-0.2, -0.15) is 0 Å². The Labute approximate surface area is 127 Å². The topological polar surface area (TPSA) is 26.3 Å². The third-order valence-electron chi connectivity index (χ3n) is 2.09. The zero-order valence-electron chi connectivity index (χ0n) is 7.97. The molecule has 0 fully saturated rings. The van der Waals surface area contributed by atoms with E-state index >= 15 is 0 Å². The summed E-state index contributed by atoms with van der Waals surface area (Å²) in [6.45, 7) is -5.06. The molecule has 2 rings (SSSR count). The van der Waals surface area contributed by atoms with Gasteiger partial charge in [-0.25, -0.2) is 4.79 Å². The summed E-state index contributed by atoms with van der Waals surface area (Å²) in [6.07, 6.45) is 0. The number of halogens is 3. The molecular weight excluding hydrogens is 235 g/mol. The van der Waals surface area contributed by atoms with E-state index in [2.05, 4.69) is 4.74 Å². The average Bonchev–Trinajstić information content (AvgIpc) is 2.46. The average molecular weight is 240 g/mol. The van der Waals surface area contributed by atoms with Crippen molar-refractivity contribution in [2.45, 2.75) is 6.61 Å². The predicted octanol–water partition coefficient (Wildman–Crippen LogP) is -1.58. The van der Waals surface area contributed by atoms with Crippen LogP contribution in [0.2, 0.25) is 0 Å². The maximum absolute atomic E-state index is 12.3. The number of rotatable bonds is 1. The molecule has 0 saturated carbocycles. The van der Waals surface area contributed by atoms with Gasteiger partial charge in [-0.15, -0.1) is 5.46 Å². The van der Waals surface area contributed by atoms with Crippen LogP contribution in [0.3, 0.4) is 0 Å². The van der Waals surface area contributed by atoms with Crippen molar-refractivity contribution in [3.8, 4) is 0 Å². The largest absolute Gasteiger partial charge is 1.00 e. The van der Waals surface area contributed by atoms with E-state index in [9.17, 15) is 17.7 Å². The number of hydrogen-bond donors (Lipinski definition) is 0. The van der Waals surface area contributed by atoms with Crippen molar-refractivity contribution in [2.75, 3.05) is 0 Å². The second-order valence-electron chi connectivity index (χ2n) is 3.07. The van der Waals surface area contributed by atoms with E-state index in [-0.39, 0.29) is 63.6 Å². The summed E-state index contributed by atoms with van der Waals surface area (Å²) < 4.78 is 41.5. The smallest absolute Gasteiger partial charge is 0.457 e. The molecule has 0 unspecified atom stereocenters. The van der Waals surface area contributed by atoms with Crippen LogP contribution in [-0.4, -0.2) is 12.9 Å². The van der Waals surface area contributed by atoms with E-state index in [0.29, 0.717) is 5.56 Å². The Balaban J connectivity index is 0.00000112. The first-order chi connectivity index (χ1) is 6.48. The molecule has 0 N–H and O–H groups in total. The number of carbonyl (C=O) groups excluding carboxylic acids is 1. The molecule has 2 nitrogen and oxygen atoms in total. The molecule has 0 atom stereocenters. The number of carbonyl (C=O) groups is 1. The van der Waals surface area contributed by atoms with Crippen molar-refractivity contribution in [1.29, 1.82) is 0 Å². The SMILES string of the molecule is O=C1OCc2cc([B-](F)(F)F)ccc21.[K+]. The molecule has 1 aromatic carbocycles. The minimum absolute atomic E-state index is 0. The molecule has 0 aromatic heterocycles. The molecule has 74 valence electrons. The van der Waals surface area contributed by atoms with Crippen LogP contribution in [-0.2, 0) is 11.3 Å². The van der Waals surface area contributed by atoms with E-state index in [4.69, 9.17) is 0 Å². The summed E-state index contributed by atoms with van der Waals surface area (Å²) >= 11 is 0. The summed E-state index contributed by atoms with van der Waals surface area (Å²) in [7, 11) is 0. The van der Waals surface area contributed by atoms with Gasteiger partial charge in [0, 0.05) is 5.56 Å². The molecule has 7 heteroatoms. The van der Waals surface area contributed by atoms with Crippen LogP contribution in [0.5, 0.6) is 0 Å². The monoisotopic (exact) mass is 240 g/mol. The Morgan fingerprint density at radius 1 is 1.27 bits per heavy atom. The zero-order chi connectivity index (χ0) is 10.3. The number of esters is 1. The Kier molecular flexibility index (Phi) is 4.05. The van der Waals surface area contributed by atoms with Crippen LogP contribution >= 0.6 is 0 Å². The second kappa shape index (κ2) is 4.59. The van der Waals surface area contributed by atoms with Gasteiger partial charge in [0.1, 0.15) is 6.61 Å². The van der Waals surface area contributed by atoms with E-state index in [1.165, 1.54) is 0 Å². The molecule has 0 saturated heterocycles. The minimum Gasteiger partial charge on any atom is -0.457 e. The van der Waals surface area contributed by atoms with Crippen LogP contribution in [0.1, 0.15) is 15.9 Å². The van der Waals surface area contributed by atoms with Crippen LogP contribution < -0.4 is 56.8 Å². The number of hydrogen-bond acceptors (Lipinski definition) is 2. The molecular formula is C8H5BF3KO2. The first-order valence-corrected chi connectivity index (χ1v) is 3.98. The normalized spacial score (nSPS) is 14.2. The van der Waals surface area contributed by atoms with Crippen molar-refractivity contribution in [3.05, 3.63) is 29.3 Å².